The second-order valence-corrected chi connectivity index (χ2v) is 8.72. The highest BCUT2D eigenvalue weighted by molar-refractivity contribution is 7.99. The number of hydrogen-bond donors (Lipinski definition) is 3. The van der Waals surface area contributed by atoms with E-state index in [4.69, 9.17) is 4.74 Å². The molecule has 2 fully saturated rings. The van der Waals surface area contributed by atoms with Gasteiger partial charge < -0.3 is 25.2 Å². The van der Waals surface area contributed by atoms with Crippen molar-refractivity contribution >= 4 is 35.5 Å². The standard InChI is InChI=1S/C19H19N7O6S/c1-24-18(21-22-23-24)33-8-12-11-6-7-25(17(29)20-9-2-4-10(27)5-3-9)14-13(11)26(15(14)28)16(12)32-19(30)31/h2-5,11,13-14,27H,6-8H2,1H3,(H,20,29)(H,30,31)/t11?,13-,14+/m1/s1. The summed E-state index contributed by atoms with van der Waals surface area (Å²) >= 11 is 1.31. The Hall–Kier alpha value is -3.81. The van der Waals surface area contributed by atoms with E-state index in [0.717, 1.165) is 0 Å². The number of aryl methyl sites for hydroxylation is 1. The van der Waals surface area contributed by atoms with Crippen LogP contribution in [-0.4, -0.2) is 82.7 Å². The zero-order valence-electron chi connectivity index (χ0n) is 17.3. The average Bonchev–Trinajstić information content (AvgIpc) is 3.31. The van der Waals surface area contributed by atoms with Gasteiger partial charge >= 0.3 is 12.2 Å². The monoisotopic (exact) mass is 473 g/mol. The van der Waals surface area contributed by atoms with Gasteiger partial charge in [0.2, 0.25) is 11.0 Å². The van der Waals surface area contributed by atoms with E-state index >= 15 is 0 Å². The largest absolute Gasteiger partial charge is 0.512 e. The molecule has 3 aliphatic rings. The van der Waals surface area contributed by atoms with Crippen LogP contribution in [0.1, 0.15) is 6.42 Å². The Kier molecular flexibility index (Phi) is 5.08. The van der Waals surface area contributed by atoms with Crippen molar-refractivity contribution in [2.24, 2.45) is 13.0 Å². The number of carbonyl (C=O) groups excluding carboxylic acids is 2. The average molecular weight is 473 g/mol. The van der Waals surface area contributed by atoms with Crippen LogP contribution in [0.25, 0.3) is 0 Å². The third kappa shape index (κ3) is 3.51. The van der Waals surface area contributed by atoms with Gasteiger partial charge in [-0.05, 0) is 41.1 Å². The number of thioether (sulfide) groups is 1. The molecule has 2 aromatic rings. The molecule has 0 aliphatic carbocycles. The molecular formula is C19H19N7O6S. The van der Waals surface area contributed by atoms with Gasteiger partial charge in [0.1, 0.15) is 11.8 Å². The normalized spacial score (nSPS) is 23.3. The number of likely N-dealkylation sites (tertiary alicyclic amines) is 1. The van der Waals surface area contributed by atoms with Crippen LogP contribution >= 0.6 is 11.8 Å². The Morgan fingerprint density at radius 1 is 1.30 bits per heavy atom. The van der Waals surface area contributed by atoms with Crippen LogP contribution in [0, 0.1) is 5.92 Å². The van der Waals surface area contributed by atoms with Crippen LogP contribution in [0.2, 0.25) is 0 Å². The van der Waals surface area contributed by atoms with E-state index in [9.17, 15) is 24.6 Å². The number of piperidine rings is 1. The zero-order valence-corrected chi connectivity index (χ0v) is 18.1. The smallest absolute Gasteiger partial charge is 0.508 e. The molecule has 14 heteroatoms. The quantitative estimate of drug-likeness (QED) is 0.248. The third-order valence-electron chi connectivity index (χ3n) is 5.98. The second kappa shape index (κ2) is 7.95. The number of β-lactam (4-membered cyclic amide) rings is 1. The number of phenols is 1. The van der Waals surface area contributed by atoms with Crippen LogP contribution in [0.5, 0.6) is 5.75 Å². The van der Waals surface area contributed by atoms with Crippen molar-refractivity contribution in [1.82, 2.24) is 30.0 Å². The summed E-state index contributed by atoms with van der Waals surface area (Å²) in [7, 11) is 1.69. The number of benzene rings is 1. The highest BCUT2D eigenvalue weighted by atomic mass is 32.2. The second-order valence-electron chi connectivity index (χ2n) is 7.78. The molecule has 3 N–H and O–H groups in total. The van der Waals surface area contributed by atoms with E-state index in [1.165, 1.54) is 38.4 Å². The number of nitrogens with one attached hydrogen (secondary N) is 1. The van der Waals surface area contributed by atoms with Crippen molar-refractivity contribution in [2.75, 3.05) is 17.6 Å². The fourth-order valence-electron chi connectivity index (χ4n) is 4.55. The molecule has 3 aliphatic heterocycles. The Morgan fingerprint density at radius 3 is 2.73 bits per heavy atom. The maximum atomic E-state index is 13.0. The summed E-state index contributed by atoms with van der Waals surface area (Å²) < 4.78 is 6.52. The van der Waals surface area contributed by atoms with Gasteiger partial charge in [-0.3, -0.25) is 9.69 Å². The Labute approximate surface area is 191 Å². The van der Waals surface area contributed by atoms with E-state index in [1.807, 2.05) is 0 Å². The molecule has 2 saturated heterocycles. The van der Waals surface area contributed by atoms with Crippen LogP contribution in [0.15, 0.2) is 40.9 Å². The first-order valence-electron chi connectivity index (χ1n) is 10.0. The number of phenolic OH excluding ortho intramolecular Hbond substituents is 1. The van der Waals surface area contributed by atoms with Crippen molar-refractivity contribution in [1.29, 1.82) is 0 Å². The molecule has 13 nitrogen and oxygen atoms in total. The van der Waals surface area contributed by atoms with Gasteiger partial charge in [0, 0.05) is 36.5 Å². The van der Waals surface area contributed by atoms with Crippen LogP contribution in [0.4, 0.5) is 15.3 Å². The number of amides is 3. The van der Waals surface area contributed by atoms with Gasteiger partial charge in [0.05, 0.1) is 6.04 Å². The van der Waals surface area contributed by atoms with E-state index in [0.29, 0.717) is 35.1 Å². The van der Waals surface area contributed by atoms with E-state index in [-0.39, 0.29) is 29.5 Å². The van der Waals surface area contributed by atoms with Crippen LogP contribution in [0.3, 0.4) is 0 Å². The predicted octanol–water partition coefficient (Wildman–Crippen LogP) is 1.06. The Bertz CT molecular complexity index is 1170. The van der Waals surface area contributed by atoms with Gasteiger partial charge in [-0.15, -0.1) is 5.10 Å². The van der Waals surface area contributed by atoms with Crippen molar-refractivity contribution in [2.45, 2.75) is 23.7 Å². The van der Waals surface area contributed by atoms with Crippen LogP contribution in [-0.2, 0) is 16.6 Å². The van der Waals surface area contributed by atoms with Crippen LogP contribution < -0.4 is 5.32 Å². The number of tetrazole rings is 1. The molecule has 4 heterocycles. The van der Waals surface area contributed by atoms with E-state index in [2.05, 4.69) is 20.8 Å². The Balaban J connectivity index is 1.36. The lowest BCUT2D eigenvalue weighted by Gasteiger charge is -2.52. The molecule has 3 atom stereocenters. The summed E-state index contributed by atoms with van der Waals surface area (Å²) in [5.41, 5.74) is 1.17. The van der Waals surface area contributed by atoms with Gasteiger partial charge in [-0.2, -0.15) is 0 Å². The number of anilines is 1. The summed E-state index contributed by atoms with van der Waals surface area (Å²) in [6, 6.07) is 4.47. The van der Waals surface area contributed by atoms with E-state index in [1.54, 1.807) is 19.2 Å². The van der Waals surface area contributed by atoms with Crippen molar-refractivity contribution < 1.29 is 29.3 Å². The molecular weight excluding hydrogens is 454 g/mol. The highest BCUT2D eigenvalue weighted by Crippen LogP contribution is 2.50. The minimum atomic E-state index is -1.51. The fourth-order valence-corrected chi connectivity index (χ4v) is 5.49. The molecule has 33 heavy (non-hydrogen) atoms. The number of aromatic nitrogens is 4. The van der Waals surface area contributed by atoms with Crippen molar-refractivity contribution in [3.05, 3.63) is 35.7 Å². The lowest BCUT2D eigenvalue weighted by molar-refractivity contribution is -0.160. The lowest BCUT2D eigenvalue weighted by atomic mass is 9.78. The minimum absolute atomic E-state index is 0.0159. The maximum Gasteiger partial charge on any atom is 0.512 e. The number of carboxylic acid groups (broad SMARTS) is 1. The number of ether oxygens (including phenoxy) is 1. The first-order valence-corrected chi connectivity index (χ1v) is 11.0. The molecule has 1 aromatic heterocycles. The van der Waals surface area contributed by atoms with Gasteiger partial charge in [-0.1, -0.05) is 11.8 Å². The number of aromatic hydroxyl groups is 1. The number of hydrogen-bond acceptors (Lipinski definition) is 9. The highest BCUT2D eigenvalue weighted by Gasteiger charge is 2.64. The molecule has 5 rings (SSSR count). The molecule has 1 aromatic carbocycles. The molecule has 1 unspecified atom stereocenters. The molecule has 172 valence electrons. The SMILES string of the molecule is Cn1nnnc1SCC1=C(OC(=O)O)N2C(=O)[C@@H]3[C@H]2C1CCN3C(=O)Nc1ccc(O)cc1. The molecule has 0 spiro atoms. The van der Waals surface area contributed by atoms with Crippen molar-refractivity contribution in [3.8, 4) is 5.75 Å². The Morgan fingerprint density at radius 2 is 2.06 bits per heavy atom. The summed E-state index contributed by atoms with van der Waals surface area (Å²) in [5.74, 6) is -0.101. The molecule has 0 bridgehead atoms. The predicted molar refractivity (Wildman–Crippen MR) is 112 cm³/mol. The maximum absolute atomic E-state index is 13.0. The van der Waals surface area contributed by atoms with E-state index < -0.39 is 18.2 Å². The summed E-state index contributed by atoms with van der Waals surface area (Å²) in [5, 5.41) is 33.2. The summed E-state index contributed by atoms with van der Waals surface area (Å²) in [6.45, 7) is 0.315. The van der Waals surface area contributed by atoms with Gasteiger partial charge in [0.25, 0.3) is 5.91 Å². The third-order valence-corrected chi connectivity index (χ3v) is 7.04. The summed E-state index contributed by atoms with van der Waals surface area (Å²) in [4.78, 5) is 40.0. The van der Waals surface area contributed by atoms with Gasteiger partial charge in [0.15, 0.2) is 0 Å². The first-order chi connectivity index (χ1) is 15.8. The van der Waals surface area contributed by atoms with Crippen molar-refractivity contribution in [3.63, 3.8) is 0 Å². The minimum Gasteiger partial charge on any atom is -0.508 e. The molecule has 0 radical (unpaired) electrons. The fraction of sp³-hybridized carbons (Fsp3) is 0.368. The topological polar surface area (TPSA) is 163 Å². The zero-order chi connectivity index (χ0) is 23.3. The number of carbonyl (C=O) groups is 3. The first kappa shape index (κ1) is 21.1. The number of rotatable bonds is 5. The van der Waals surface area contributed by atoms with Gasteiger partial charge in [-0.25, -0.2) is 14.3 Å². The number of urea groups is 1. The lowest BCUT2D eigenvalue weighted by Crippen LogP contribution is -2.73. The molecule has 0 saturated carbocycles. The summed E-state index contributed by atoms with van der Waals surface area (Å²) in [6.07, 6.45) is -0.974. The molecule has 3 amide bonds. The number of nitrogens with zero attached hydrogens (tertiary/aromatic N) is 6.